The van der Waals surface area contributed by atoms with Gasteiger partial charge in [0.25, 0.3) is 5.91 Å². The molecule has 12 heteroatoms. The molecule has 0 aromatic heterocycles. The highest BCUT2D eigenvalue weighted by molar-refractivity contribution is 8.00. The number of para-hydroxylation sites is 1. The predicted molar refractivity (Wildman–Crippen MR) is 115 cm³/mol. The molecule has 7 nitrogen and oxygen atoms in total. The topological polar surface area (TPSA) is 90.5 Å². The van der Waals surface area contributed by atoms with E-state index in [9.17, 15) is 31.9 Å². The number of carbonyl (C=O) groups excluding carboxylic acids is 3. The fraction of sp³-hybridized carbons (Fsp3) is 0.286. The normalized spacial score (nSPS) is 16.1. The van der Waals surface area contributed by atoms with E-state index in [2.05, 4.69) is 5.32 Å². The van der Waals surface area contributed by atoms with Crippen LogP contribution in [0.25, 0.3) is 0 Å². The third-order valence-corrected chi connectivity index (χ3v) is 5.97. The molecule has 2 aromatic carbocycles. The molecule has 3 N–H and O–H groups in total. The van der Waals surface area contributed by atoms with E-state index in [1.807, 2.05) is 6.07 Å². The van der Waals surface area contributed by atoms with E-state index in [0.29, 0.717) is 36.5 Å². The Morgan fingerprint density at radius 1 is 1.06 bits per heavy atom. The summed E-state index contributed by atoms with van der Waals surface area (Å²) in [5.41, 5.74) is 3.53. The van der Waals surface area contributed by atoms with Crippen LogP contribution in [0.2, 0.25) is 0 Å². The molecule has 0 bridgehead atoms. The molecule has 3 rings (SSSR count). The first-order valence-electron chi connectivity index (χ1n) is 9.82. The van der Waals surface area contributed by atoms with Crippen LogP contribution in [0, 0.1) is 5.82 Å². The zero-order valence-corrected chi connectivity index (χ0v) is 17.9. The van der Waals surface area contributed by atoms with Crippen molar-refractivity contribution >= 4 is 35.3 Å². The standard InChI is InChI=1S/C21H20F4N4O3S/c22-17-11-14(18(30)27-28-19(31)21(23,24)25)7-6-13(17)10-16-12-29(8-9-33-16)20(32)26-15-4-2-1-3-5-15/h1-7,11,16H,8-10,12H2,(H,26,32)(H,27,30)(H,28,31). The summed E-state index contributed by atoms with van der Waals surface area (Å²) >= 11 is 1.60. The summed E-state index contributed by atoms with van der Waals surface area (Å²) in [5, 5.41) is 2.73. The second-order valence-electron chi connectivity index (χ2n) is 7.15. The molecule has 0 saturated carbocycles. The summed E-state index contributed by atoms with van der Waals surface area (Å²) in [4.78, 5) is 36.8. The van der Waals surface area contributed by atoms with Crippen molar-refractivity contribution in [3.8, 4) is 0 Å². The lowest BCUT2D eigenvalue weighted by Crippen LogP contribution is -2.47. The summed E-state index contributed by atoms with van der Waals surface area (Å²) in [7, 11) is 0. The van der Waals surface area contributed by atoms with Crippen molar-refractivity contribution in [3.63, 3.8) is 0 Å². The largest absolute Gasteiger partial charge is 0.472 e. The van der Waals surface area contributed by atoms with E-state index in [-0.39, 0.29) is 16.8 Å². The van der Waals surface area contributed by atoms with Crippen LogP contribution >= 0.6 is 11.8 Å². The number of urea groups is 1. The van der Waals surface area contributed by atoms with Gasteiger partial charge in [-0.2, -0.15) is 24.9 Å². The zero-order chi connectivity index (χ0) is 24.0. The Morgan fingerprint density at radius 2 is 1.79 bits per heavy atom. The molecule has 1 unspecified atom stereocenters. The number of nitrogens with zero attached hydrogens (tertiary/aromatic N) is 1. The van der Waals surface area contributed by atoms with Gasteiger partial charge in [-0.15, -0.1) is 0 Å². The molecule has 0 aliphatic carbocycles. The van der Waals surface area contributed by atoms with Crippen LogP contribution in [0.3, 0.4) is 0 Å². The molecule has 1 aliphatic rings. The molecule has 0 spiro atoms. The summed E-state index contributed by atoms with van der Waals surface area (Å²) in [5.74, 6) is -3.47. The Hall–Kier alpha value is -3.28. The highest BCUT2D eigenvalue weighted by Gasteiger charge is 2.39. The van der Waals surface area contributed by atoms with E-state index in [4.69, 9.17) is 0 Å². The van der Waals surface area contributed by atoms with Crippen LogP contribution in [0.5, 0.6) is 0 Å². The maximum Gasteiger partial charge on any atom is 0.472 e. The molecule has 176 valence electrons. The number of anilines is 1. The van der Waals surface area contributed by atoms with Crippen molar-refractivity contribution in [1.82, 2.24) is 15.8 Å². The van der Waals surface area contributed by atoms with Gasteiger partial charge in [0.15, 0.2) is 0 Å². The number of thioether (sulfide) groups is 1. The van der Waals surface area contributed by atoms with Crippen LogP contribution in [-0.4, -0.2) is 53.0 Å². The van der Waals surface area contributed by atoms with Gasteiger partial charge in [-0.1, -0.05) is 24.3 Å². The maximum atomic E-state index is 14.5. The van der Waals surface area contributed by atoms with E-state index in [1.54, 1.807) is 46.4 Å². The fourth-order valence-electron chi connectivity index (χ4n) is 3.11. The second-order valence-corrected chi connectivity index (χ2v) is 8.56. The molecular weight excluding hydrogens is 464 g/mol. The van der Waals surface area contributed by atoms with Gasteiger partial charge in [0.1, 0.15) is 5.82 Å². The van der Waals surface area contributed by atoms with Crippen molar-refractivity contribution in [1.29, 1.82) is 0 Å². The molecule has 1 fully saturated rings. The Labute approximate surface area is 190 Å². The number of hydrazine groups is 1. The number of alkyl halides is 3. The number of benzene rings is 2. The molecule has 4 amide bonds. The lowest BCUT2D eigenvalue weighted by molar-refractivity contribution is -0.174. The van der Waals surface area contributed by atoms with Crippen LogP contribution in [-0.2, 0) is 11.2 Å². The monoisotopic (exact) mass is 484 g/mol. The zero-order valence-electron chi connectivity index (χ0n) is 17.1. The van der Waals surface area contributed by atoms with E-state index in [0.717, 1.165) is 6.07 Å². The fourth-order valence-corrected chi connectivity index (χ4v) is 4.35. The molecular formula is C21H20F4N4O3S. The summed E-state index contributed by atoms with van der Waals surface area (Å²) in [6.45, 7) is 0.944. The SMILES string of the molecule is O=C(NNC(=O)C(F)(F)F)c1ccc(CC2CN(C(=O)Nc3ccccc3)CCS2)c(F)c1. The van der Waals surface area contributed by atoms with Gasteiger partial charge in [-0.3, -0.25) is 20.4 Å². The molecule has 1 atom stereocenters. The number of nitrogens with one attached hydrogen (secondary N) is 3. The van der Waals surface area contributed by atoms with E-state index < -0.39 is 23.8 Å². The van der Waals surface area contributed by atoms with Gasteiger partial charge in [-0.05, 0) is 36.2 Å². The molecule has 2 aromatic rings. The van der Waals surface area contributed by atoms with Crippen LogP contribution in [0.4, 0.5) is 28.0 Å². The van der Waals surface area contributed by atoms with Gasteiger partial charge in [0, 0.05) is 35.3 Å². The highest BCUT2D eigenvalue weighted by Crippen LogP contribution is 2.24. The van der Waals surface area contributed by atoms with E-state index in [1.165, 1.54) is 17.6 Å². The maximum absolute atomic E-state index is 14.5. The second kappa shape index (κ2) is 10.6. The average Bonchev–Trinajstić information content (AvgIpc) is 2.78. The number of hydrogen-bond donors (Lipinski definition) is 3. The van der Waals surface area contributed by atoms with E-state index >= 15 is 0 Å². The minimum absolute atomic E-state index is 0.0828. The van der Waals surface area contributed by atoms with Crippen molar-refractivity contribution in [2.75, 3.05) is 24.2 Å². The number of halogens is 4. The van der Waals surface area contributed by atoms with Crippen LogP contribution < -0.4 is 16.2 Å². The van der Waals surface area contributed by atoms with Crippen molar-refractivity contribution in [2.45, 2.75) is 17.8 Å². The third-order valence-electron chi connectivity index (χ3n) is 4.76. The highest BCUT2D eigenvalue weighted by atomic mass is 32.2. The van der Waals surface area contributed by atoms with Gasteiger partial charge in [0.2, 0.25) is 0 Å². The van der Waals surface area contributed by atoms with Crippen molar-refractivity contribution in [2.24, 2.45) is 0 Å². The molecule has 1 heterocycles. The molecule has 0 radical (unpaired) electrons. The van der Waals surface area contributed by atoms with Crippen LogP contribution in [0.15, 0.2) is 48.5 Å². The van der Waals surface area contributed by atoms with Crippen LogP contribution in [0.1, 0.15) is 15.9 Å². The summed E-state index contributed by atoms with van der Waals surface area (Å²) in [6, 6.07) is 12.2. The van der Waals surface area contributed by atoms with Gasteiger partial charge < -0.3 is 10.2 Å². The first-order valence-corrected chi connectivity index (χ1v) is 10.9. The van der Waals surface area contributed by atoms with Crippen molar-refractivity contribution < 1.29 is 31.9 Å². The number of amides is 4. The average molecular weight is 484 g/mol. The molecule has 1 saturated heterocycles. The lowest BCUT2D eigenvalue weighted by Gasteiger charge is -2.32. The Balaban J connectivity index is 1.56. The first kappa shape index (κ1) is 24.4. The predicted octanol–water partition coefficient (Wildman–Crippen LogP) is 3.34. The Bertz CT molecular complexity index is 1020. The summed E-state index contributed by atoms with van der Waals surface area (Å²) in [6.07, 6.45) is -4.87. The molecule has 1 aliphatic heterocycles. The Kier molecular flexibility index (Phi) is 7.79. The third kappa shape index (κ3) is 6.85. The number of hydrogen-bond acceptors (Lipinski definition) is 4. The minimum atomic E-state index is -5.16. The van der Waals surface area contributed by atoms with Crippen molar-refractivity contribution in [3.05, 3.63) is 65.5 Å². The smallest absolute Gasteiger partial charge is 0.323 e. The van der Waals surface area contributed by atoms with Gasteiger partial charge in [0.05, 0.1) is 0 Å². The minimum Gasteiger partial charge on any atom is -0.323 e. The number of rotatable bonds is 4. The Morgan fingerprint density at radius 3 is 2.45 bits per heavy atom. The lowest BCUT2D eigenvalue weighted by atomic mass is 10.1. The molecule has 33 heavy (non-hydrogen) atoms. The quantitative estimate of drug-likeness (QED) is 0.459. The van der Waals surface area contributed by atoms with Gasteiger partial charge >= 0.3 is 18.1 Å². The summed E-state index contributed by atoms with van der Waals surface area (Å²) < 4.78 is 51.1. The van der Waals surface area contributed by atoms with Gasteiger partial charge in [-0.25, -0.2) is 9.18 Å². The number of carbonyl (C=O) groups is 3. The first-order chi connectivity index (χ1) is 15.6.